The van der Waals surface area contributed by atoms with Crippen LogP contribution in [0.2, 0.25) is 5.02 Å². The molecule has 6 heteroatoms. The van der Waals surface area contributed by atoms with Gasteiger partial charge in [-0.05, 0) is 44.6 Å². The Bertz CT molecular complexity index is 490. The van der Waals surface area contributed by atoms with Crippen LogP contribution in [0.3, 0.4) is 0 Å². The second kappa shape index (κ2) is 7.64. The minimum absolute atomic E-state index is 0.00667. The van der Waals surface area contributed by atoms with E-state index in [-0.39, 0.29) is 5.91 Å². The Balaban J connectivity index is 1.70. The summed E-state index contributed by atoms with van der Waals surface area (Å²) in [5.41, 5.74) is 6.85. The van der Waals surface area contributed by atoms with Crippen molar-refractivity contribution in [2.75, 3.05) is 37.9 Å². The summed E-state index contributed by atoms with van der Waals surface area (Å²) in [6.45, 7) is 2.53. The van der Waals surface area contributed by atoms with Crippen molar-refractivity contribution < 1.29 is 9.53 Å². The fourth-order valence-corrected chi connectivity index (χ4v) is 2.50. The molecule has 1 aliphatic rings. The highest BCUT2D eigenvalue weighted by molar-refractivity contribution is 6.33. The topological polar surface area (TPSA) is 67.6 Å². The zero-order valence-electron chi connectivity index (χ0n) is 12.3. The first kappa shape index (κ1) is 16.1. The number of carbonyl (C=O) groups excluding carboxylic acids is 1. The molecule has 1 atom stereocenters. The number of nitrogens with one attached hydrogen (secondary N) is 1. The Labute approximate surface area is 130 Å². The molecule has 5 nitrogen and oxygen atoms in total. The molecule has 0 bridgehead atoms. The van der Waals surface area contributed by atoms with Gasteiger partial charge in [0.25, 0.3) is 0 Å². The smallest absolute Gasteiger partial charge is 0.224 e. The summed E-state index contributed by atoms with van der Waals surface area (Å²) < 4.78 is 5.36. The van der Waals surface area contributed by atoms with Gasteiger partial charge in [0.2, 0.25) is 5.91 Å². The van der Waals surface area contributed by atoms with Crippen LogP contribution in [-0.2, 0) is 9.53 Å². The monoisotopic (exact) mass is 311 g/mol. The lowest BCUT2D eigenvalue weighted by Gasteiger charge is -2.22. The second-order valence-corrected chi connectivity index (χ2v) is 5.79. The molecule has 1 aliphatic heterocycles. The normalized spacial score (nSPS) is 18.1. The maximum absolute atomic E-state index is 11.9. The third-order valence-corrected chi connectivity index (χ3v) is 4.07. The van der Waals surface area contributed by atoms with E-state index in [2.05, 4.69) is 17.3 Å². The summed E-state index contributed by atoms with van der Waals surface area (Å²) in [6.07, 6.45) is 2.38. The molecule has 1 fully saturated rings. The van der Waals surface area contributed by atoms with E-state index in [0.717, 1.165) is 32.6 Å². The first-order valence-electron chi connectivity index (χ1n) is 7.19. The third-order valence-electron chi connectivity index (χ3n) is 3.72. The van der Waals surface area contributed by atoms with Gasteiger partial charge in [-0.1, -0.05) is 11.6 Å². The minimum atomic E-state index is -0.00667. The average Bonchev–Trinajstić information content (AvgIpc) is 2.97. The number of anilines is 2. The fraction of sp³-hybridized carbons (Fsp3) is 0.533. The van der Waals surface area contributed by atoms with Crippen molar-refractivity contribution in [2.45, 2.75) is 25.3 Å². The lowest BCUT2D eigenvalue weighted by atomic mass is 10.2. The number of hydrogen-bond donors (Lipinski definition) is 2. The highest BCUT2D eigenvalue weighted by Crippen LogP contribution is 2.22. The Hall–Kier alpha value is -1.30. The number of nitrogens with zero attached hydrogens (tertiary/aromatic N) is 1. The third kappa shape index (κ3) is 4.88. The van der Waals surface area contributed by atoms with Crippen LogP contribution in [0.5, 0.6) is 0 Å². The lowest BCUT2D eigenvalue weighted by Crippen LogP contribution is -2.33. The Kier molecular flexibility index (Phi) is 5.85. The molecular weight excluding hydrogens is 290 g/mol. The maximum Gasteiger partial charge on any atom is 0.224 e. The van der Waals surface area contributed by atoms with Crippen LogP contribution in [0.15, 0.2) is 18.2 Å². The summed E-state index contributed by atoms with van der Waals surface area (Å²) in [6, 6.07) is 5.59. The maximum atomic E-state index is 11.9. The van der Waals surface area contributed by atoms with Gasteiger partial charge in [0.05, 0.1) is 17.3 Å². The summed E-state index contributed by atoms with van der Waals surface area (Å²) in [4.78, 5) is 14.1. The van der Waals surface area contributed by atoms with Crippen LogP contribution >= 0.6 is 11.6 Å². The molecule has 1 unspecified atom stereocenters. The van der Waals surface area contributed by atoms with Crippen molar-refractivity contribution in [3.8, 4) is 0 Å². The van der Waals surface area contributed by atoms with Crippen LogP contribution < -0.4 is 11.1 Å². The molecule has 0 spiro atoms. The molecule has 21 heavy (non-hydrogen) atoms. The van der Waals surface area contributed by atoms with E-state index in [1.807, 2.05) is 0 Å². The molecule has 0 saturated carbocycles. The van der Waals surface area contributed by atoms with Crippen LogP contribution in [0.25, 0.3) is 0 Å². The van der Waals surface area contributed by atoms with Crippen molar-refractivity contribution in [3.05, 3.63) is 23.2 Å². The zero-order valence-corrected chi connectivity index (χ0v) is 13.0. The van der Waals surface area contributed by atoms with E-state index in [9.17, 15) is 4.79 Å². The summed E-state index contributed by atoms with van der Waals surface area (Å²) in [5.74, 6) is -0.00667. The van der Waals surface area contributed by atoms with E-state index in [1.54, 1.807) is 18.2 Å². The second-order valence-electron chi connectivity index (χ2n) is 5.39. The largest absolute Gasteiger partial charge is 0.397 e. The number of likely N-dealkylation sites (N-methyl/N-ethyl adjacent to an activating group) is 1. The van der Waals surface area contributed by atoms with Gasteiger partial charge < -0.3 is 20.7 Å². The number of carbonyl (C=O) groups is 1. The summed E-state index contributed by atoms with van der Waals surface area (Å²) >= 11 is 5.84. The molecule has 0 aromatic heterocycles. The predicted octanol–water partition coefficient (Wildman–Crippen LogP) is 2.36. The molecule has 3 N–H and O–H groups in total. The fourth-order valence-electron chi connectivity index (χ4n) is 2.39. The number of halogens is 1. The van der Waals surface area contributed by atoms with E-state index < -0.39 is 0 Å². The Morgan fingerprint density at radius 1 is 1.57 bits per heavy atom. The molecule has 1 amide bonds. The predicted molar refractivity (Wildman–Crippen MR) is 85.6 cm³/mol. The van der Waals surface area contributed by atoms with E-state index >= 15 is 0 Å². The van der Waals surface area contributed by atoms with Crippen LogP contribution in [0.1, 0.15) is 19.3 Å². The number of amides is 1. The van der Waals surface area contributed by atoms with Crippen molar-refractivity contribution >= 4 is 28.9 Å². The Morgan fingerprint density at radius 2 is 2.38 bits per heavy atom. The summed E-state index contributed by atoms with van der Waals surface area (Å²) in [7, 11) is 2.08. The molecule has 1 heterocycles. The van der Waals surface area contributed by atoms with Gasteiger partial charge in [-0.15, -0.1) is 0 Å². The molecule has 0 radical (unpaired) electrons. The van der Waals surface area contributed by atoms with Crippen LogP contribution in [-0.4, -0.2) is 43.7 Å². The molecule has 2 rings (SSSR count). The van der Waals surface area contributed by atoms with E-state index in [0.29, 0.717) is 28.9 Å². The number of benzene rings is 1. The van der Waals surface area contributed by atoms with Gasteiger partial charge in [0.1, 0.15) is 0 Å². The highest BCUT2D eigenvalue weighted by Gasteiger charge is 2.19. The zero-order chi connectivity index (χ0) is 15.2. The van der Waals surface area contributed by atoms with Gasteiger partial charge in [0, 0.05) is 24.8 Å². The highest BCUT2D eigenvalue weighted by atomic mass is 35.5. The van der Waals surface area contributed by atoms with Crippen molar-refractivity contribution in [3.63, 3.8) is 0 Å². The first-order valence-corrected chi connectivity index (χ1v) is 7.57. The van der Waals surface area contributed by atoms with Gasteiger partial charge in [-0.2, -0.15) is 0 Å². The van der Waals surface area contributed by atoms with E-state index in [4.69, 9.17) is 22.1 Å². The average molecular weight is 312 g/mol. The van der Waals surface area contributed by atoms with Gasteiger partial charge in [-0.3, -0.25) is 4.79 Å². The molecule has 116 valence electrons. The molecule has 1 aromatic rings. The number of rotatable bonds is 6. The number of ether oxygens (including phenoxy) is 1. The number of nitrogen functional groups attached to an aromatic ring is 1. The quantitative estimate of drug-likeness (QED) is 0.791. The SMILES string of the molecule is CN(CCCC(=O)Nc1ccc(Cl)c(N)c1)C1CCOC1. The molecule has 0 aliphatic carbocycles. The minimum Gasteiger partial charge on any atom is -0.397 e. The van der Waals surface area contributed by atoms with Crippen LogP contribution in [0, 0.1) is 0 Å². The standard InChI is InChI=1S/C15H22ClN3O2/c1-19(12-6-8-21-10-12)7-2-3-15(20)18-11-4-5-13(16)14(17)9-11/h4-5,9,12H,2-3,6-8,10,17H2,1H3,(H,18,20). The van der Waals surface area contributed by atoms with Gasteiger partial charge in [-0.25, -0.2) is 0 Å². The Morgan fingerprint density at radius 3 is 3.05 bits per heavy atom. The molecule has 1 aromatic carbocycles. The summed E-state index contributed by atoms with van der Waals surface area (Å²) in [5, 5.41) is 3.33. The van der Waals surface area contributed by atoms with Crippen molar-refractivity contribution in [2.24, 2.45) is 0 Å². The first-order chi connectivity index (χ1) is 10.1. The van der Waals surface area contributed by atoms with Gasteiger partial charge in [0.15, 0.2) is 0 Å². The van der Waals surface area contributed by atoms with Crippen molar-refractivity contribution in [1.82, 2.24) is 4.90 Å². The number of nitrogens with two attached hydrogens (primary N) is 1. The molecular formula is C15H22ClN3O2. The van der Waals surface area contributed by atoms with E-state index in [1.165, 1.54) is 0 Å². The number of hydrogen-bond acceptors (Lipinski definition) is 4. The lowest BCUT2D eigenvalue weighted by molar-refractivity contribution is -0.116. The van der Waals surface area contributed by atoms with Crippen LogP contribution in [0.4, 0.5) is 11.4 Å². The molecule has 1 saturated heterocycles. The van der Waals surface area contributed by atoms with Crippen molar-refractivity contribution in [1.29, 1.82) is 0 Å². The van der Waals surface area contributed by atoms with Gasteiger partial charge >= 0.3 is 0 Å².